The van der Waals surface area contributed by atoms with Gasteiger partial charge >= 0.3 is 0 Å². The maximum Gasteiger partial charge on any atom is 0.189 e. The summed E-state index contributed by atoms with van der Waals surface area (Å²) in [7, 11) is 0. The summed E-state index contributed by atoms with van der Waals surface area (Å²) in [5.74, 6) is 0. The van der Waals surface area contributed by atoms with E-state index in [1.807, 2.05) is 0 Å². The van der Waals surface area contributed by atoms with Crippen LogP contribution in [0.4, 0.5) is 0 Å². The van der Waals surface area contributed by atoms with Crippen molar-refractivity contribution in [3.8, 4) is 0 Å². The molecule has 0 aromatic rings. The van der Waals surface area contributed by atoms with Crippen molar-refractivity contribution in [3.63, 3.8) is 0 Å². The van der Waals surface area contributed by atoms with Crippen molar-refractivity contribution in [3.05, 3.63) is 0 Å². The smallest absolute Gasteiger partial charge is 0.189 e. The van der Waals surface area contributed by atoms with Gasteiger partial charge in [0.1, 0.15) is 97.7 Å². The molecule has 4 rings (SSSR count). The van der Waals surface area contributed by atoms with Crippen LogP contribution in [0.15, 0.2) is 0 Å². The molecule has 264 valence electrons. The molecular formula is C24H42O21. The molecule has 14 N–H and O–H groups in total. The second-order valence-electron chi connectivity index (χ2n) is 11.2. The zero-order valence-electron chi connectivity index (χ0n) is 23.5. The molecule has 0 saturated carbocycles. The first-order valence-electron chi connectivity index (χ1n) is 14.1. The highest BCUT2D eigenvalue weighted by atomic mass is 16.8. The molecule has 0 bridgehead atoms. The van der Waals surface area contributed by atoms with Gasteiger partial charge in [-0.15, -0.1) is 0 Å². The number of ether oxygens (including phenoxy) is 7. The molecule has 0 aliphatic carbocycles. The summed E-state index contributed by atoms with van der Waals surface area (Å²) in [5, 5.41) is 141. The number of hydrogen-bond acceptors (Lipinski definition) is 21. The predicted octanol–water partition coefficient (Wildman–Crippen LogP) is -9.75. The van der Waals surface area contributed by atoms with Gasteiger partial charge in [0, 0.05) is 0 Å². The normalized spacial score (nSPS) is 52.9. The van der Waals surface area contributed by atoms with Crippen molar-refractivity contribution in [2.75, 3.05) is 26.4 Å². The summed E-state index contributed by atoms with van der Waals surface area (Å²) in [4.78, 5) is 0. The second-order valence-corrected chi connectivity index (χ2v) is 11.2. The monoisotopic (exact) mass is 666 g/mol. The standard InChI is InChI=1S/C24H42O21/c25-1-5-9(27)13(31)17(35)21(41-5)39-3-7-11(29)15(33)18(36)22(43-7)40-4-8-12(30)16(34)20(38)24(44-8)45-23-19(37)14(32)10(28)6(2-26)42-23/h5-38H,1-4H2/t5-,6-,7-,8-,9-,10-,11-,12-,13+,14+,15+,16+,17-,18-,19-,20-,21+,22+,23-,24-/m1/s1. The highest BCUT2D eigenvalue weighted by Crippen LogP contribution is 2.30. The lowest BCUT2D eigenvalue weighted by molar-refractivity contribution is -0.381. The predicted molar refractivity (Wildman–Crippen MR) is 134 cm³/mol. The Bertz CT molecular complexity index is 914. The maximum absolute atomic E-state index is 10.5. The summed E-state index contributed by atoms with van der Waals surface area (Å²) < 4.78 is 37.5. The number of rotatable bonds is 10. The first-order valence-corrected chi connectivity index (χ1v) is 14.1. The Morgan fingerprint density at radius 2 is 0.600 bits per heavy atom. The van der Waals surface area contributed by atoms with Gasteiger partial charge in [0.15, 0.2) is 25.2 Å². The zero-order valence-corrected chi connectivity index (χ0v) is 23.5. The fraction of sp³-hybridized carbons (Fsp3) is 1.00. The van der Waals surface area contributed by atoms with E-state index < -0.39 is 149 Å². The van der Waals surface area contributed by atoms with E-state index in [4.69, 9.17) is 33.2 Å². The van der Waals surface area contributed by atoms with Gasteiger partial charge in [-0.05, 0) is 0 Å². The van der Waals surface area contributed by atoms with Gasteiger partial charge in [0.05, 0.1) is 26.4 Å². The number of aliphatic hydroxyl groups is 14. The Hall–Kier alpha value is -0.840. The molecule has 21 heteroatoms. The summed E-state index contributed by atoms with van der Waals surface area (Å²) in [6.45, 7) is -2.88. The molecule has 0 aromatic carbocycles. The summed E-state index contributed by atoms with van der Waals surface area (Å²) >= 11 is 0. The maximum atomic E-state index is 10.5. The zero-order chi connectivity index (χ0) is 33.3. The Morgan fingerprint density at radius 3 is 0.956 bits per heavy atom. The first kappa shape index (κ1) is 37.0. The van der Waals surface area contributed by atoms with Crippen molar-refractivity contribution in [1.29, 1.82) is 0 Å². The Morgan fingerprint density at radius 1 is 0.333 bits per heavy atom. The van der Waals surface area contributed by atoms with Crippen molar-refractivity contribution >= 4 is 0 Å². The third kappa shape index (κ3) is 7.75. The van der Waals surface area contributed by atoms with Gasteiger partial charge in [-0.3, -0.25) is 0 Å². The average molecular weight is 667 g/mol. The van der Waals surface area contributed by atoms with Gasteiger partial charge in [-0.2, -0.15) is 0 Å². The lowest BCUT2D eigenvalue weighted by Crippen LogP contribution is -2.64. The lowest BCUT2D eigenvalue weighted by Gasteiger charge is -2.45. The topological polar surface area (TPSA) is 348 Å². The van der Waals surface area contributed by atoms with E-state index in [1.54, 1.807) is 0 Å². The van der Waals surface area contributed by atoms with Gasteiger partial charge in [0.2, 0.25) is 0 Å². The van der Waals surface area contributed by atoms with E-state index in [-0.39, 0.29) is 0 Å². The van der Waals surface area contributed by atoms with Gasteiger partial charge in [-0.1, -0.05) is 0 Å². The van der Waals surface area contributed by atoms with E-state index in [2.05, 4.69) is 0 Å². The van der Waals surface area contributed by atoms with Gasteiger partial charge in [-0.25, -0.2) is 0 Å². The highest BCUT2D eigenvalue weighted by molar-refractivity contribution is 4.94. The van der Waals surface area contributed by atoms with Crippen LogP contribution in [0.2, 0.25) is 0 Å². The van der Waals surface area contributed by atoms with E-state index in [0.29, 0.717) is 0 Å². The Balaban J connectivity index is 1.36. The minimum Gasteiger partial charge on any atom is -0.394 e. The summed E-state index contributed by atoms with van der Waals surface area (Å²) in [6.07, 6.45) is -34.6. The van der Waals surface area contributed by atoms with Crippen molar-refractivity contribution in [2.24, 2.45) is 0 Å². The second kappa shape index (κ2) is 15.6. The van der Waals surface area contributed by atoms with E-state index in [9.17, 15) is 71.5 Å². The fourth-order valence-electron chi connectivity index (χ4n) is 5.26. The molecule has 0 unspecified atom stereocenters. The summed E-state index contributed by atoms with van der Waals surface area (Å²) in [6, 6.07) is 0. The molecule has 21 nitrogen and oxygen atoms in total. The van der Waals surface area contributed by atoms with Crippen LogP contribution >= 0.6 is 0 Å². The summed E-state index contributed by atoms with van der Waals surface area (Å²) in [5.41, 5.74) is 0. The molecule has 45 heavy (non-hydrogen) atoms. The average Bonchev–Trinajstić information content (AvgIpc) is 3.03. The Labute approximate surface area is 254 Å². The van der Waals surface area contributed by atoms with Crippen LogP contribution in [0.3, 0.4) is 0 Å². The van der Waals surface area contributed by atoms with Crippen LogP contribution in [0, 0.1) is 0 Å². The van der Waals surface area contributed by atoms with Crippen molar-refractivity contribution in [2.45, 2.75) is 123 Å². The molecule has 0 radical (unpaired) electrons. The van der Waals surface area contributed by atoms with Crippen LogP contribution in [-0.2, 0) is 33.2 Å². The molecule has 4 aliphatic heterocycles. The molecule has 0 aromatic heterocycles. The molecule has 4 fully saturated rings. The number of aliphatic hydroxyl groups excluding tert-OH is 14. The van der Waals surface area contributed by atoms with Crippen LogP contribution in [0.25, 0.3) is 0 Å². The van der Waals surface area contributed by atoms with Crippen LogP contribution in [-0.4, -0.2) is 221 Å². The minimum atomic E-state index is -1.94. The quantitative estimate of drug-likeness (QED) is 0.103. The van der Waals surface area contributed by atoms with Crippen LogP contribution in [0.1, 0.15) is 0 Å². The molecular weight excluding hydrogens is 624 g/mol. The van der Waals surface area contributed by atoms with Gasteiger partial charge in [0.25, 0.3) is 0 Å². The van der Waals surface area contributed by atoms with Crippen LogP contribution in [0.5, 0.6) is 0 Å². The van der Waals surface area contributed by atoms with Crippen molar-refractivity contribution in [1.82, 2.24) is 0 Å². The van der Waals surface area contributed by atoms with Crippen molar-refractivity contribution < 1.29 is 105 Å². The first-order chi connectivity index (χ1) is 21.2. The Kier molecular flexibility index (Phi) is 12.8. The molecule has 0 amide bonds. The molecule has 20 atom stereocenters. The van der Waals surface area contributed by atoms with Gasteiger partial charge < -0.3 is 105 Å². The highest BCUT2D eigenvalue weighted by Gasteiger charge is 2.51. The molecule has 4 aliphatic rings. The van der Waals surface area contributed by atoms with E-state index in [0.717, 1.165) is 0 Å². The third-order valence-corrected chi connectivity index (χ3v) is 8.15. The largest absolute Gasteiger partial charge is 0.394 e. The minimum absolute atomic E-state index is 0.643. The number of hydrogen-bond donors (Lipinski definition) is 14. The lowest BCUT2D eigenvalue weighted by atomic mass is 9.97. The SMILES string of the molecule is OC[C@H]1O[C@H](OC[C@H]2O[C@H](OC[C@H]3O[C@H](O[C@H]4O[C@H](CO)[C@@H](O)[C@H](O)[C@H]4O)[C@H](O)[C@@H](O)[C@@H]3O)[C@H](O)[C@@H](O)[C@@H]2O)[C@H](O)[C@@H](O)[C@@H]1O. The molecule has 4 saturated heterocycles. The fourth-order valence-corrected chi connectivity index (χ4v) is 5.26. The van der Waals surface area contributed by atoms with E-state index in [1.165, 1.54) is 0 Å². The van der Waals surface area contributed by atoms with E-state index >= 15 is 0 Å². The third-order valence-electron chi connectivity index (χ3n) is 8.15. The molecule has 4 heterocycles. The van der Waals surface area contributed by atoms with Crippen LogP contribution < -0.4 is 0 Å². The molecule has 0 spiro atoms.